The van der Waals surface area contributed by atoms with E-state index < -0.39 is 0 Å². The predicted molar refractivity (Wildman–Crippen MR) is 80.0 cm³/mol. The van der Waals surface area contributed by atoms with Crippen molar-refractivity contribution in [2.45, 2.75) is 52.5 Å². The number of rotatable bonds is 4. The van der Waals surface area contributed by atoms with E-state index in [0.717, 1.165) is 24.0 Å². The van der Waals surface area contributed by atoms with Gasteiger partial charge in [-0.15, -0.1) is 0 Å². The Labute approximate surface area is 120 Å². The topological polar surface area (TPSA) is 46.3 Å². The highest BCUT2D eigenvalue weighted by atomic mass is 15.4. The first-order valence-electron chi connectivity index (χ1n) is 7.59. The summed E-state index contributed by atoms with van der Waals surface area (Å²) >= 11 is 0. The van der Waals surface area contributed by atoms with Crippen LogP contribution in [0.25, 0.3) is 5.78 Å². The molecule has 1 unspecified atom stereocenters. The van der Waals surface area contributed by atoms with Gasteiger partial charge in [0.05, 0.1) is 0 Å². The molecule has 0 N–H and O–H groups in total. The molecule has 0 radical (unpaired) electrons. The van der Waals surface area contributed by atoms with Crippen molar-refractivity contribution in [3.63, 3.8) is 0 Å². The average molecular weight is 273 g/mol. The fourth-order valence-corrected chi connectivity index (χ4v) is 3.08. The predicted octanol–water partition coefficient (Wildman–Crippen LogP) is 2.84. The maximum Gasteiger partial charge on any atom is 0.254 e. The third-order valence-corrected chi connectivity index (χ3v) is 4.11. The second-order valence-electron chi connectivity index (χ2n) is 6.19. The first kappa shape index (κ1) is 13.3. The maximum absolute atomic E-state index is 4.43. The fourth-order valence-electron chi connectivity index (χ4n) is 3.08. The summed E-state index contributed by atoms with van der Waals surface area (Å²) in [7, 11) is 0. The minimum absolute atomic E-state index is 0.631. The molecule has 1 aliphatic rings. The summed E-state index contributed by atoms with van der Waals surface area (Å²) in [5, 5.41) is 4.34. The van der Waals surface area contributed by atoms with Gasteiger partial charge in [-0.05, 0) is 38.5 Å². The quantitative estimate of drug-likeness (QED) is 0.859. The second-order valence-corrected chi connectivity index (χ2v) is 6.19. The molecule has 20 heavy (non-hydrogen) atoms. The van der Waals surface area contributed by atoms with Gasteiger partial charge < -0.3 is 4.90 Å². The van der Waals surface area contributed by atoms with Crippen LogP contribution in [-0.4, -0.2) is 32.2 Å². The van der Waals surface area contributed by atoms with Gasteiger partial charge in [0.1, 0.15) is 12.1 Å². The number of hydrogen-bond donors (Lipinski definition) is 0. The smallest absolute Gasteiger partial charge is 0.254 e. The van der Waals surface area contributed by atoms with Crippen molar-refractivity contribution in [1.29, 1.82) is 0 Å². The van der Waals surface area contributed by atoms with Crippen LogP contribution in [0.4, 0.5) is 5.82 Å². The molecule has 1 atom stereocenters. The lowest BCUT2D eigenvalue weighted by atomic mass is 10.0. The van der Waals surface area contributed by atoms with Crippen LogP contribution in [0.15, 0.2) is 12.4 Å². The van der Waals surface area contributed by atoms with Crippen molar-refractivity contribution in [3.05, 3.63) is 18.1 Å². The molecule has 3 heterocycles. The summed E-state index contributed by atoms with van der Waals surface area (Å²) < 4.78 is 1.88. The molecule has 2 aromatic rings. The monoisotopic (exact) mass is 273 g/mol. The third kappa shape index (κ3) is 2.49. The van der Waals surface area contributed by atoms with E-state index in [1.807, 2.05) is 11.4 Å². The van der Waals surface area contributed by atoms with Gasteiger partial charge in [0, 0.05) is 24.3 Å². The van der Waals surface area contributed by atoms with Gasteiger partial charge in [0.2, 0.25) is 0 Å². The first-order valence-corrected chi connectivity index (χ1v) is 7.59. The molecule has 1 fully saturated rings. The summed E-state index contributed by atoms with van der Waals surface area (Å²) in [6.07, 6.45) is 6.68. The van der Waals surface area contributed by atoms with Crippen LogP contribution < -0.4 is 4.90 Å². The summed E-state index contributed by atoms with van der Waals surface area (Å²) in [6, 6.07) is 2.77. The van der Waals surface area contributed by atoms with Gasteiger partial charge >= 0.3 is 0 Å². The lowest BCUT2D eigenvalue weighted by Gasteiger charge is -2.27. The van der Waals surface area contributed by atoms with Crippen molar-refractivity contribution in [3.8, 4) is 0 Å². The molecule has 0 aromatic carbocycles. The van der Waals surface area contributed by atoms with E-state index in [9.17, 15) is 0 Å². The SMILES string of the molecule is Cc1cc(N2CCCC2CCC(C)C)n2ncnc2n1. The summed E-state index contributed by atoms with van der Waals surface area (Å²) in [6.45, 7) is 7.73. The van der Waals surface area contributed by atoms with Gasteiger partial charge in [-0.25, -0.2) is 4.98 Å². The zero-order chi connectivity index (χ0) is 14.1. The number of hydrogen-bond acceptors (Lipinski definition) is 4. The normalized spacial score (nSPS) is 19.4. The Morgan fingerprint density at radius 3 is 3.05 bits per heavy atom. The first-order chi connectivity index (χ1) is 9.65. The van der Waals surface area contributed by atoms with E-state index in [0.29, 0.717) is 11.8 Å². The van der Waals surface area contributed by atoms with Crippen LogP contribution in [0.1, 0.15) is 45.2 Å². The summed E-state index contributed by atoms with van der Waals surface area (Å²) in [5.74, 6) is 2.62. The number of fused-ring (bicyclic) bond motifs is 1. The zero-order valence-electron chi connectivity index (χ0n) is 12.6. The lowest BCUT2D eigenvalue weighted by Crippen LogP contribution is -2.31. The molecule has 2 aromatic heterocycles. The third-order valence-electron chi connectivity index (χ3n) is 4.11. The molecule has 0 saturated carbocycles. The average Bonchev–Trinajstić information content (AvgIpc) is 3.03. The molecule has 3 rings (SSSR count). The van der Waals surface area contributed by atoms with Crippen LogP contribution >= 0.6 is 0 Å². The molecule has 0 amide bonds. The van der Waals surface area contributed by atoms with Gasteiger partial charge in [-0.1, -0.05) is 13.8 Å². The maximum atomic E-state index is 4.43. The Bertz CT molecular complexity index is 589. The van der Waals surface area contributed by atoms with Crippen molar-refractivity contribution in [1.82, 2.24) is 19.6 Å². The standard InChI is InChI=1S/C15H23N5/c1-11(2)6-7-13-5-4-8-19(13)14-9-12(3)18-15-16-10-17-20(14)15/h9-11,13H,4-8H2,1-3H3. The minimum Gasteiger partial charge on any atom is -0.353 e. The second kappa shape index (κ2) is 5.38. The van der Waals surface area contributed by atoms with Crippen molar-refractivity contribution in [2.24, 2.45) is 5.92 Å². The highest BCUT2D eigenvalue weighted by Gasteiger charge is 2.27. The summed E-state index contributed by atoms with van der Waals surface area (Å²) in [4.78, 5) is 11.2. The number of aryl methyl sites for hydroxylation is 1. The van der Waals surface area contributed by atoms with Crippen LogP contribution in [0.3, 0.4) is 0 Å². The Hall–Kier alpha value is -1.65. The van der Waals surface area contributed by atoms with E-state index in [1.54, 1.807) is 6.33 Å². The Morgan fingerprint density at radius 2 is 2.25 bits per heavy atom. The molecule has 5 nitrogen and oxygen atoms in total. The molecular formula is C15H23N5. The van der Waals surface area contributed by atoms with Crippen molar-refractivity contribution < 1.29 is 0 Å². The van der Waals surface area contributed by atoms with E-state index in [4.69, 9.17) is 0 Å². The number of nitrogens with zero attached hydrogens (tertiary/aromatic N) is 5. The molecule has 108 valence electrons. The van der Waals surface area contributed by atoms with Crippen LogP contribution in [0, 0.1) is 12.8 Å². The van der Waals surface area contributed by atoms with E-state index >= 15 is 0 Å². The highest BCUT2D eigenvalue weighted by Crippen LogP contribution is 2.29. The number of aromatic nitrogens is 4. The van der Waals surface area contributed by atoms with Gasteiger partial charge in [-0.3, -0.25) is 0 Å². The van der Waals surface area contributed by atoms with Crippen molar-refractivity contribution >= 4 is 11.6 Å². The zero-order valence-corrected chi connectivity index (χ0v) is 12.6. The molecule has 1 aliphatic heterocycles. The fraction of sp³-hybridized carbons (Fsp3) is 0.667. The number of anilines is 1. The van der Waals surface area contributed by atoms with Crippen LogP contribution in [0.5, 0.6) is 0 Å². The van der Waals surface area contributed by atoms with Gasteiger partial charge in [0.25, 0.3) is 5.78 Å². The highest BCUT2D eigenvalue weighted by molar-refractivity contribution is 5.48. The van der Waals surface area contributed by atoms with Crippen molar-refractivity contribution in [2.75, 3.05) is 11.4 Å². The molecule has 0 spiro atoms. The van der Waals surface area contributed by atoms with E-state index in [-0.39, 0.29) is 0 Å². The molecule has 0 bridgehead atoms. The van der Waals surface area contributed by atoms with Gasteiger partial charge in [0.15, 0.2) is 0 Å². The van der Waals surface area contributed by atoms with E-state index in [1.165, 1.54) is 25.7 Å². The van der Waals surface area contributed by atoms with Crippen LogP contribution in [0.2, 0.25) is 0 Å². The lowest BCUT2D eigenvalue weighted by molar-refractivity contribution is 0.493. The largest absolute Gasteiger partial charge is 0.353 e. The Morgan fingerprint density at radius 1 is 1.40 bits per heavy atom. The molecule has 0 aliphatic carbocycles. The Balaban J connectivity index is 1.91. The molecule has 5 heteroatoms. The van der Waals surface area contributed by atoms with E-state index in [2.05, 4.69) is 39.9 Å². The molecular weight excluding hydrogens is 250 g/mol. The summed E-state index contributed by atoms with van der Waals surface area (Å²) in [5.41, 5.74) is 1.01. The minimum atomic E-state index is 0.631. The van der Waals surface area contributed by atoms with Crippen LogP contribution in [-0.2, 0) is 0 Å². The van der Waals surface area contributed by atoms with Gasteiger partial charge in [-0.2, -0.15) is 14.6 Å². The molecule has 1 saturated heterocycles. The Kier molecular flexibility index (Phi) is 3.59.